The molecule has 38 heavy (non-hydrogen) atoms. The van der Waals surface area contributed by atoms with Crippen LogP contribution in [0.15, 0.2) is 29.1 Å². The van der Waals surface area contributed by atoms with Gasteiger partial charge in [0, 0.05) is 22.9 Å². The summed E-state index contributed by atoms with van der Waals surface area (Å²) in [5.41, 5.74) is 6.39. The van der Waals surface area contributed by atoms with E-state index in [9.17, 15) is 28.3 Å². The number of benzene rings is 1. The quantitative estimate of drug-likeness (QED) is 0.350. The van der Waals surface area contributed by atoms with Gasteiger partial charge in [-0.3, -0.25) is 9.59 Å². The third-order valence-electron chi connectivity index (χ3n) is 7.39. The van der Waals surface area contributed by atoms with Crippen LogP contribution >= 0.6 is 0 Å². The summed E-state index contributed by atoms with van der Waals surface area (Å²) in [6.07, 6.45) is -0.949. The molecule has 0 radical (unpaired) electrons. The molecule has 5 rings (SSSR count). The van der Waals surface area contributed by atoms with E-state index in [-0.39, 0.29) is 36.4 Å². The van der Waals surface area contributed by atoms with Crippen LogP contribution in [0.4, 0.5) is 8.78 Å². The van der Waals surface area contributed by atoms with Crippen molar-refractivity contribution < 1.29 is 33.0 Å². The minimum atomic E-state index is -3.26. The van der Waals surface area contributed by atoms with Gasteiger partial charge in [-0.1, -0.05) is 13.8 Å². The van der Waals surface area contributed by atoms with Crippen LogP contribution in [0.25, 0.3) is 22.3 Å². The summed E-state index contributed by atoms with van der Waals surface area (Å²) < 4.78 is 39.6. The number of halogens is 2. The average molecular weight is 528 g/mol. The Morgan fingerprint density at radius 1 is 1.26 bits per heavy atom. The van der Waals surface area contributed by atoms with E-state index in [1.54, 1.807) is 25.1 Å². The lowest BCUT2D eigenvalue weighted by molar-refractivity contribution is -0.190. The molecule has 200 valence electrons. The van der Waals surface area contributed by atoms with Crippen LogP contribution < -0.4 is 11.3 Å². The Kier molecular flexibility index (Phi) is 6.21. The molecule has 3 aromatic rings. The number of ether oxygens (including phenoxy) is 2. The molecule has 0 saturated heterocycles. The first-order valence-electron chi connectivity index (χ1n) is 12.4. The lowest BCUT2D eigenvalue weighted by Gasteiger charge is -2.35. The summed E-state index contributed by atoms with van der Waals surface area (Å²) in [5.74, 6) is -5.05. The van der Waals surface area contributed by atoms with Crippen molar-refractivity contribution in [2.24, 2.45) is 5.73 Å². The highest BCUT2D eigenvalue weighted by Gasteiger charge is 2.50. The molecule has 2 aliphatic rings. The first kappa shape index (κ1) is 25.8. The van der Waals surface area contributed by atoms with E-state index in [4.69, 9.17) is 20.2 Å². The second-order valence-electron chi connectivity index (χ2n) is 9.58. The van der Waals surface area contributed by atoms with Crippen LogP contribution in [0, 0.1) is 0 Å². The topological polar surface area (TPSA) is 134 Å². The minimum Gasteiger partial charge on any atom is -0.508 e. The van der Waals surface area contributed by atoms with E-state index in [1.165, 1.54) is 10.6 Å². The number of carbonyl (C=O) groups excluding carboxylic acids is 2. The molecule has 0 aliphatic carbocycles. The summed E-state index contributed by atoms with van der Waals surface area (Å²) in [5, 5.41) is 10.8. The van der Waals surface area contributed by atoms with Gasteiger partial charge in [0.15, 0.2) is 0 Å². The molecule has 9 nitrogen and oxygen atoms in total. The Hall–Kier alpha value is -3.86. The first-order valence-corrected chi connectivity index (χ1v) is 12.4. The maximum Gasteiger partial charge on any atom is 0.355 e. The second-order valence-corrected chi connectivity index (χ2v) is 9.58. The predicted molar refractivity (Wildman–Crippen MR) is 133 cm³/mol. The lowest BCUT2D eigenvalue weighted by Crippen LogP contribution is -2.47. The standard InChI is InChI=1S/C27H27F2N3O6/c1-3-15-16-9-14(33)5-6-20(16)31-23-17(15)11-32-21(23)10-19-18(24(32)35)12-37-25(36)27(19,4-2)38-22(34)7-8-26(28,29)13-30/h5-6,9-10,33H,3-4,7-8,11-13,30H2,1-2H3/t27-/m0/s1. The number of cyclic esters (lactones) is 1. The van der Waals surface area contributed by atoms with Crippen molar-refractivity contribution in [1.82, 2.24) is 9.55 Å². The van der Waals surface area contributed by atoms with E-state index >= 15 is 0 Å². The molecule has 2 aromatic heterocycles. The zero-order chi connectivity index (χ0) is 27.4. The molecule has 0 saturated carbocycles. The molecule has 2 aliphatic heterocycles. The second kappa shape index (κ2) is 9.16. The highest BCUT2D eigenvalue weighted by atomic mass is 19.3. The Bertz CT molecular complexity index is 1550. The molecule has 4 heterocycles. The number of alkyl halides is 2. The molecule has 1 atom stereocenters. The number of aryl methyl sites for hydroxylation is 1. The van der Waals surface area contributed by atoms with Gasteiger partial charge in [-0.05, 0) is 42.7 Å². The highest BCUT2D eigenvalue weighted by molar-refractivity contribution is 5.90. The maximum absolute atomic E-state index is 13.7. The molecular weight excluding hydrogens is 500 g/mol. The Labute approximate surface area is 216 Å². The van der Waals surface area contributed by atoms with Gasteiger partial charge in [-0.25, -0.2) is 18.6 Å². The number of phenols is 1. The first-order chi connectivity index (χ1) is 18.0. The Morgan fingerprint density at radius 3 is 2.71 bits per heavy atom. The van der Waals surface area contributed by atoms with Crippen LogP contribution in [-0.2, 0) is 44.2 Å². The summed E-state index contributed by atoms with van der Waals surface area (Å²) >= 11 is 0. The van der Waals surface area contributed by atoms with Gasteiger partial charge in [-0.2, -0.15) is 0 Å². The van der Waals surface area contributed by atoms with Crippen molar-refractivity contribution in [1.29, 1.82) is 0 Å². The maximum atomic E-state index is 13.7. The molecule has 11 heteroatoms. The molecule has 3 N–H and O–H groups in total. The van der Waals surface area contributed by atoms with Crippen molar-refractivity contribution in [3.63, 3.8) is 0 Å². The van der Waals surface area contributed by atoms with Gasteiger partial charge < -0.3 is 24.9 Å². The van der Waals surface area contributed by atoms with E-state index < -0.39 is 48.4 Å². The summed E-state index contributed by atoms with van der Waals surface area (Å²) in [6.45, 7) is 2.56. The van der Waals surface area contributed by atoms with Gasteiger partial charge in [-0.15, -0.1) is 0 Å². The number of nitrogens with zero attached hydrogens (tertiary/aromatic N) is 2. The SMILES string of the molecule is CCc1c2c(nc3ccc(O)cc13)-c1cc3c(c(=O)n1C2)COC(=O)[C@@]3(CC)OC(=O)CCC(F)(F)CN. The number of rotatable bonds is 7. The molecule has 0 spiro atoms. The van der Waals surface area contributed by atoms with Gasteiger partial charge in [0.1, 0.15) is 12.4 Å². The number of esters is 2. The van der Waals surface area contributed by atoms with Gasteiger partial charge >= 0.3 is 11.9 Å². The molecule has 0 bridgehead atoms. The average Bonchev–Trinajstić information content (AvgIpc) is 3.26. The van der Waals surface area contributed by atoms with Gasteiger partial charge in [0.05, 0.1) is 42.0 Å². The van der Waals surface area contributed by atoms with Crippen molar-refractivity contribution in [2.75, 3.05) is 6.54 Å². The number of fused-ring (bicyclic) bond motifs is 5. The van der Waals surface area contributed by atoms with Gasteiger partial charge in [0.25, 0.3) is 11.5 Å². The Morgan fingerprint density at radius 2 is 2.03 bits per heavy atom. The van der Waals surface area contributed by atoms with Crippen LogP contribution in [0.3, 0.4) is 0 Å². The number of hydrogen-bond acceptors (Lipinski definition) is 8. The van der Waals surface area contributed by atoms with E-state index in [2.05, 4.69) is 0 Å². The third-order valence-corrected chi connectivity index (χ3v) is 7.39. The third kappa shape index (κ3) is 3.92. The molecule has 0 fully saturated rings. The number of nitrogens with two attached hydrogens (primary N) is 1. The smallest absolute Gasteiger partial charge is 0.355 e. The van der Waals surface area contributed by atoms with Crippen molar-refractivity contribution >= 4 is 22.8 Å². The lowest BCUT2D eigenvalue weighted by atomic mass is 9.85. The van der Waals surface area contributed by atoms with Crippen molar-refractivity contribution in [3.05, 3.63) is 56.9 Å². The largest absolute Gasteiger partial charge is 0.508 e. The highest BCUT2D eigenvalue weighted by Crippen LogP contribution is 2.42. The molecule has 0 amide bonds. The molecular formula is C27H27F2N3O6. The molecule has 1 aromatic carbocycles. The summed E-state index contributed by atoms with van der Waals surface area (Å²) in [4.78, 5) is 44.1. The van der Waals surface area contributed by atoms with E-state index in [0.29, 0.717) is 23.3 Å². The van der Waals surface area contributed by atoms with E-state index in [0.717, 1.165) is 16.5 Å². The van der Waals surface area contributed by atoms with Crippen LogP contribution in [0.5, 0.6) is 5.75 Å². The normalized spacial score (nSPS) is 18.1. The van der Waals surface area contributed by atoms with Crippen LogP contribution in [0.2, 0.25) is 0 Å². The summed E-state index contributed by atoms with van der Waals surface area (Å²) in [7, 11) is 0. The summed E-state index contributed by atoms with van der Waals surface area (Å²) in [6, 6.07) is 6.48. The van der Waals surface area contributed by atoms with Crippen molar-refractivity contribution in [3.8, 4) is 17.1 Å². The number of pyridine rings is 2. The monoisotopic (exact) mass is 527 g/mol. The number of carbonyl (C=O) groups is 2. The number of aromatic hydroxyl groups is 1. The van der Waals surface area contributed by atoms with Crippen LogP contribution in [0.1, 0.15) is 55.4 Å². The zero-order valence-electron chi connectivity index (χ0n) is 21.0. The fraction of sp³-hybridized carbons (Fsp3) is 0.407. The molecule has 0 unspecified atom stereocenters. The number of hydrogen-bond donors (Lipinski definition) is 2. The Balaban J connectivity index is 1.64. The van der Waals surface area contributed by atoms with Gasteiger partial charge in [0.2, 0.25) is 5.60 Å². The zero-order valence-corrected chi connectivity index (χ0v) is 21.0. The number of phenolic OH excluding ortho intramolecular Hbond substituents is 1. The van der Waals surface area contributed by atoms with Crippen LogP contribution in [-0.4, -0.2) is 39.1 Å². The number of aromatic nitrogens is 2. The minimum absolute atomic E-state index is 0.0712. The van der Waals surface area contributed by atoms with Crippen molar-refractivity contribution in [2.45, 2.75) is 64.2 Å². The van der Waals surface area contributed by atoms with E-state index in [1.807, 2.05) is 6.92 Å². The fourth-order valence-electron chi connectivity index (χ4n) is 5.34. The fourth-order valence-corrected chi connectivity index (χ4v) is 5.34. The predicted octanol–water partition coefficient (Wildman–Crippen LogP) is 3.27.